The summed E-state index contributed by atoms with van der Waals surface area (Å²) in [6, 6.07) is 16.9. The monoisotopic (exact) mass is 439 g/mol. The number of H-pyrrole nitrogens is 2. The second-order valence-corrected chi connectivity index (χ2v) is 8.62. The highest BCUT2D eigenvalue weighted by molar-refractivity contribution is 5.84. The van der Waals surface area contributed by atoms with Crippen LogP contribution in [0, 0.1) is 0 Å². The average Bonchev–Trinajstić information content (AvgIpc) is 3.46. The Balaban J connectivity index is 1.22. The van der Waals surface area contributed by atoms with Crippen molar-refractivity contribution < 1.29 is 0 Å². The summed E-state index contributed by atoms with van der Waals surface area (Å²) >= 11 is 0. The van der Waals surface area contributed by atoms with E-state index >= 15 is 0 Å². The van der Waals surface area contributed by atoms with Gasteiger partial charge in [-0.1, -0.05) is 12.1 Å². The number of fused-ring (bicyclic) bond motifs is 2. The van der Waals surface area contributed by atoms with Crippen LogP contribution in [0.2, 0.25) is 0 Å². The van der Waals surface area contributed by atoms with Gasteiger partial charge in [-0.3, -0.25) is 0 Å². The molecule has 0 radical (unpaired) electrons. The van der Waals surface area contributed by atoms with Crippen LogP contribution in [0.25, 0.3) is 21.8 Å². The van der Waals surface area contributed by atoms with E-state index in [1.807, 2.05) is 12.3 Å². The van der Waals surface area contributed by atoms with E-state index in [4.69, 9.17) is 0 Å². The maximum absolute atomic E-state index is 4.62. The quantitative estimate of drug-likeness (QED) is 0.266. The minimum absolute atomic E-state index is 0.614. The van der Waals surface area contributed by atoms with E-state index in [1.54, 1.807) is 6.20 Å². The molecule has 0 bridgehead atoms. The number of aromatic nitrogens is 4. The number of nitrogens with zero attached hydrogens (tertiary/aromatic N) is 3. The van der Waals surface area contributed by atoms with Gasteiger partial charge in [-0.15, -0.1) is 0 Å². The molecule has 0 saturated carbocycles. The van der Waals surface area contributed by atoms with E-state index in [-0.39, 0.29) is 0 Å². The van der Waals surface area contributed by atoms with Gasteiger partial charge in [-0.05, 0) is 79.0 Å². The second kappa shape index (κ2) is 9.34. The molecule has 0 unspecified atom stereocenters. The molecule has 0 fully saturated rings. The van der Waals surface area contributed by atoms with Gasteiger partial charge in [0.25, 0.3) is 0 Å². The molecule has 5 aromatic rings. The molecule has 0 aliphatic rings. The van der Waals surface area contributed by atoms with Crippen molar-refractivity contribution in [2.75, 3.05) is 31.3 Å². The summed E-state index contributed by atoms with van der Waals surface area (Å²) in [4.78, 5) is 17.8. The Labute approximate surface area is 193 Å². The van der Waals surface area contributed by atoms with Crippen molar-refractivity contribution in [2.45, 2.75) is 19.5 Å². The van der Waals surface area contributed by atoms with Crippen molar-refractivity contribution >= 4 is 33.6 Å². The van der Waals surface area contributed by atoms with Gasteiger partial charge >= 0.3 is 0 Å². The molecule has 3 heterocycles. The topological polar surface area (TPSA) is 84.7 Å². The molecule has 5 rings (SSSR count). The molecule has 3 aromatic heterocycles. The van der Waals surface area contributed by atoms with Gasteiger partial charge in [-0.2, -0.15) is 4.98 Å². The molecule has 168 valence electrons. The van der Waals surface area contributed by atoms with Crippen molar-refractivity contribution in [1.82, 2.24) is 24.8 Å². The lowest BCUT2D eigenvalue weighted by molar-refractivity contribution is 0.414. The first-order valence-corrected chi connectivity index (χ1v) is 11.2. The Morgan fingerprint density at radius 2 is 1.70 bits per heavy atom. The van der Waals surface area contributed by atoms with E-state index in [0.29, 0.717) is 19.0 Å². The van der Waals surface area contributed by atoms with E-state index in [2.05, 4.69) is 98.2 Å². The van der Waals surface area contributed by atoms with Crippen molar-refractivity contribution in [2.24, 2.45) is 0 Å². The van der Waals surface area contributed by atoms with E-state index in [1.165, 1.54) is 33.0 Å². The highest BCUT2D eigenvalue weighted by Gasteiger charge is 2.07. The van der Waals surface area contributed by atoms with Gasteiger partial charge in [0.05, 0.1) is 0 Å². The van der Waals surface area contributed by atoms with Crippen LogP contribution in [0.5, 0.6) is 0 Å². The Hall–Kier alpha value is -3.84. The highest BCUT2D eigenvalue weighted by atomic mass is 15.1. The fraction of sp³-hybridized carbons (Fsp3) is 0.231. The number of rotatable bonds is 9. The zero-order chi connectivity index (χ0) is 22.6. The lowest BCUT2D eigenvalue weighted by Gasteiger charge is -2.10. The summed E-state index contributed by atoms with van der Waals surface area (Å²) in [5.74, 6) is 1.41. The highest BCUT2D eigenvalue weighted by Crippen LogP contribution is 2.21. The second-order valence-electron chi connectivity index (χ2n) is 8.62. The third-order valence-corrected chi connectivity index (χ3v) is 5.86. The third-order valence-electron chi connectivity index (χ3n) is 5.86. The van der Waals surface area contributed by atoms with Crippen LogP contribution < -0.4 is 10.6 Å². The van der Waals surface area contributed by atoms with Gasteiger partial charge in [0.1, 0.15) is 5.82 Å². The SMILES string of the molecule is CN(C)CCc1c[nH]c2ccc(CNc3nccc(NCc4ccc5[nH]ccc5c4)n3)cc12. The first kappa shape index (κ1) is 21.0. The predicted molar refractivity (Wildman–Crippen MR) is 136 cm³/mol. The van der Waals surface area contributed by atoms with Gasteiger partial charge in [0.2, 0.25) is 5.95 Å². The van der Waals surface area contributed by atoms with Gasteiger partial charge in [-0.25, -0.2) is 4.98 Å². The van der Waals surface area contributed by atoms with Crippen LogP contribution in [0.4, 0.5) is 11.8 Å². The molecule has 7 nitrogen and oxygen atoms in total. The average molecular weight is 440 g/mol. The number of benzene rings is 2. The Morgan fingerprint density at radius 1 is 0.879 bits per heavy atom. The third kappa shape index (κ3) is 4.99. The Kier molecular flexibility index (Phi) is 5.95. The molecule has 0 aliphatic heterocycles. The summed E-state index contributed by atoms with van der Waals surface area (Å²) in [7, 11) is 4.21. The molecule has 0 aliphatic carbocycles. The maximum atomic E-state index is 4.62. The lowest BCUT2D eigenvalue weighted by atomic mass is 10.1. The maximum Gasteiger partial charge on any atom is 0.224 e. The zero-order valence-electron chi connectivity index (χ0n) is 19.0. The van der Waals surface area contributed by atoms with Gasteiger partial charge in [0, 0.05) is 54.6 Å². The molecule has 2 aromatic carbocycles. The van der Waals surface area contributed by atoms with Crippen LogP contribution in [0.1, 0.15) is 16.7 Å². The molecule has 0 spiro atoms. The number of hydrogen-bond donors (Lipinski definition) is 4. The molecular formula is C26H29N7. The standard InChI is InChI=1S/C26H29N7/c1-33(2)12-9-21-17-29-24-6-4-19(14-22(21)24)16-31-26-28-11-8-25(32-26)30-15-18-3-5-23-20(13-18)7-10-27-23/h3-8,10-11,13-14,17,27,29H,9,12,15-16H2,1-2H3,(H2,28,30,31,32). The van der Waals surface area contributed by atoms with E-state index in [9.17, 15) is 0 Å². The summed E-state index contributed by atoms with van der Waals surface area (Å²) < 4.78 is 0. The number of hydrogen-bond acceptors (Lipinski definition) is 5. The fourth-order valence-electron chi connectivity index (χ4n) is 4.02. The smallest absolute Gasteiger partial charge is 0.224 e. The normalized spacial score (nSPS) is 11.5. The van der Waals surface area contributed by atoms with Crippen molar-refractivity contribution in [3.8, 4) is 0 Å². The number of nitrogens with one attached hydrogen (secondary N) is 4. The molecular weight excluding hydrogens is 410 g/mol. The first-order chi connectivity index (χ1) is 16.1. The molecule has 4 N–H and O–H groups in total. The predicted octanol–water partition coefficient (Wildman–Crippen LogP) is 4.77. The Bertz CT molecular complexity index is 1370. The summed E-state index contributed by atoms with van der Waals surface area (Å²) in [5.41, 5.74) is 6.08. The van der Waals surface area contributed by atoms with Gasteiger partial charge < -0.3 is 25.5 Å². The van der Waals surface area contributed by atoms with Crippen LogP contribution >= 0.6 is 0 Å². The number of aromatic amines is 2. The molecule has 0 atom stereocenters. The minimum Gasteiger partial charge on any atom is -0.366 e. The molecule has 33 heavy (non-hydrogen) atoms. The van der Waals surface area contributed by atoms with E-state index in [0.717, 1.165) is 24.3 Å². The summed E-state index contributed by atoms with van der Waals surface area (Å²) in [5, 5.41) is 9.26. The summed E-state index contributed by atoms with van der Waals surface area (Å²) in [6.07, 6.45) is 6.89. The number of likely N-dealkylation sites (N-methyl/N-ethyl adjacent to an activating group) is 1. The fourth-order valence-corrected chi connectivity index (χ4v) is 4.02. The lowest BCUT2D eigenvalue weighted by Crippen LogP contribution is -2.14. The van der Waals surface area contributed by atoms with Crippen molar-refractivity contribution in [3.63, 3.8) is 0 Å². The summed E-state index contributed by atoms with van der Waals surface area (Å²) in [6.45, 7) is 2.40. The zero-order valence-corrected chi connectivity index (χ0v) is 19.0. The Morgan fingerprint density at radius 3 is 2.58 bits per heavy atom. The van der Waals surface area contributed by atoms with Crippen LogP contribution in [-0.2, 0) is 19.5 Å². The van der Waals surface area contributed by atoms with Crippen molar-refractivity contribution in [1.29, 1.82) is 0 Å². The van der Waals surface area contributed by atoms with Crippen LogP contribution in [0.3, 0.4) is 0 Å². The van der Waals surface area contributed by atoms with Gasteiger partial charge in [0.15, 0.2) is 0 Å². The van der Waals surface area contributed by atoms with Crippen molar-refractivity contribution in [3.05, 3.63) is 83.8 Å². The number of anilines is 2. The largest absolute Gasteiger partial charge is 0.366 e. The molecule has 0 amide bonds. The van der Waals surface area contributed by atoms with Crippen LogP contribution in [-0.4, -0.2) is 45.5 Å². The molecule has 7 heteroatoms. The molecule has 0 saturated heterocycles. The minimum atomic E-state index is 0.614. The van der Waals surface area contributed by atoms with E-state index < -0.39 is 0 Å². The first-order valence-electron chi connectivity index (χ1n) is 11.2. The van der Waals surface area contributed by atoms with Crippen LogP contribution in [0.15, 0.2) is 67.1 Å².